The summed E-state index contributed by atoms with van der Waals surface area (Å²) in [7, 11) is 1.68. The zero-order valence-corrected chi connectivity index (χ0v) is 15.5. The number of benzene rings is 1. The largest absolute Gasteiger partial charge is 0.348 e. The minimum atomic E-state index is -0.345. The molecule has 1 aliphatic rings. The van der Waals surface area contributed by atoms with E-state index in [1.165, 1.54) is 16.7 Å². The van der Waals surface area contributed by atoms with Gasteiger partial charge in [0.2, 0.25) is 5.91 Å². The number of carbonyl (C=O) groups is 1. The van der Waals surface area contributed by atoms with Gasteiger partial charge in [0.05, 0.1) is 6.42 Å². The van der Waals surface area contributed by atoms with E-state index < -0.39 is 0 Å². The van der Waals surface area contributed by atoms with Gasteiger partial charge in [0.1, 0.15) is 11.3 Å². The second kappa shape index (κ2) is 7.38. The topological polar surface area (TPSA) is 71.3 Å². The molecule has 1 aliphatic heterocycles. The van der Waals surface area contributed by atoms with Gasteiger partial charge >= 0.3 is 0 Å². The van der Waals surface area contributed by atoms with Gasteiger partial charge in [0.25, 0.3) is 5.56 Å². The predicted molar refractivity (Wildman–Crippen MR) is 104 cm³/mol. The van der Waals surface area contributed by atoms with Crippen molar-refractivity contribution in [1.82, 2.24) is 19.4 Å². The molecule has 0 aliphatic carbocycles. The van der Waals surface area contributed by atoms with Crippen molar-refractivity contribution in [2.24, 2.45) is 7.05 Å². The summed E-state index contributed by atoms with van der Waals surface area (Å²) in [5.74, 6) is -0.0168. The van der Waals surface area contributed by atoms with E-state index in [1.54, 1.807) is 36.3 Å². The number of aryl methyl sites for hydroxylation is 1. The number of nitrogens with zero attached hydrogens (tertiary/aromatic N) is 5. The highest BCUT2D eigenvalue weighted by atomic mass is 19.1. The molecular formula is C20H20FN5O2. The van der Waals surface area contributed by atoms with Crippen molar-refractivity contribution < 1.29 is 9.18 Å². The summed E-state index contributed by atoms with van der Waals surface area (Å²) in [6.45, 7) is 2.01. The summed E-state index contributed by atoms with van der Waals surface area (Å²) in [5, 5.41) is 0. The van der Waals surface area contributed by atoms with E-state index in [0.29, 0.717) is 48.7 Å². The molecule has 0 atom stereocenters. The highest BCUT2D eigenvalue weighted by Crippen LogP contribution is 2.15. The van der Waals surface area contributed by atoms with Crippen LogP contribution in [0.5, 0.6) is 0 Å². The molecule has 28 heavy (non-hydrogen) atoms. The maximum atomic E-state index is 13.3. The second-order valence-corrected chi connectivity index (χ2v) is 6.82. The minimum absolute atomic E-state index is 0.0474. The van der Waals surface area contributed by atoms with Crippen LogP contribution >= 0.6 is 0 Å². The Labute approximate surface area is 161 Å². The van der Waals surface area contributed by atoms with E-state index in [-0.39, 0.29) is 23.7 Å². The van der Waals surface area contributed by atoms with Crippen LogP contribution in [0, 0.1) is 5.82 Å². The average molecular weight is 381 g/mol. The first-order valence-corrected chi connectivity index (χ1v) is 9.12. The fourth-order valence-corrected chi connectivity index (χ4v) is 3.45. The first-order chi connectivity index (χ1) is 13.5. The summed E-state index contributed by atoms with van der Waals surface area (Å²) in [6, 6.07) is 9.70. The molecule has 1 aromatic carbocycles. The van der Waals surface area contributed by atoms with Gasteiger partial charge in [-0.1, -0.05) is 12.1 Å². The number of fused-ring (bicyclic) bond motifs is 1. The van der Waals surface area contributed by atoms with Gasteiger partial charge in [0.15, 0.2) is 11.5 Å². The summed E-state index contributed by atoms with van der Waals surface area (Å²) in [6.07, 6.45) is 1.80. The third-order valence-corrected chi connectivity index (χ3v) is 4.98. The quantitative estimate of drug-likeness (QED) is 0.685. The number of hydrogen-bond acceptors (Lipinski definition) is 5. The Morgan fingerprint density at radius 3 is 2.68 bits per heavy atom. The fourth-order valence-electron chi connectivity index (χ4n) is 3.45. The Morgan fingerprint density at radius 1 is 1.14 bits per heavy atom. The second-order valence-electron chi connectivity index (χ2n) is 6.82. The van der Waals surface area contributed by atoms with Crippen LogP contribution in [0.1, 0.15) is 5.56 Å². The summed E-state index contributed by atoms with van der Waals surface area (Å²) in [4.78, 5) is 37.5. The van der Waals surface area contributed by atoms with Crippen LogP contribution in [0.3, 0.4) is 0 Å². The van der Waals surface area contributed by atoms with Crippen molar-refractivity contribution >= 4 is 22.9 Å². The third kappa shape index (κ3) is 3.45. The van der Waals surface area contributed by atoms with Crippen LogP contribution in [0.25, 0.3) is 11.2 Å². The minimum Gasteiger partial charge on any atom is -0.348 e. The number of carbonyl (C=O) groups excluding carboxylic acids is 1. The molecule has 8 heteroatoms. The van der Waals surface area contributed by atoms with Crippen molar-refractivity contribution in [3.05, 3.63) is 64.3 Å². The van der Waals surface area contributed by atoms with Gasteiger partial charge in [-0.25, -0.2) is 14.4 Å². The van der Waals surface area contributed by atoms with Gasteiger partial charge < -0.3 is 9.80 Å². The molecule has 1 amide bonds. The molecule has 0 radical (unpaired) electrons. The highest BCUT2D eigenvalue weighted by molar-refractivity contribution is 5.79. The summed E-state index contributed by atoms with van der Waals surface area (Å²) < 4.78 is 14.8. The molecule has 2 aromatic heterocycles. The Kier molecular flexibility index (Phi) is 4.77. The number of amides is 1. The van der Waals surface area contributed by atoms with Crippen LogP contribution < -0.4 is 10.5 Å². The smallest absolute Gasteiger partial charge is 0.294 e. The van der Waals surface area contributed by atoms with E-state index >= 15 is 0 Å². The van der Waals surface area contributed by atoms with Crippen LogP contribution in [0.4, 0.5) is 10.2 Å². The first kappa shape index (κ1) is 18.1. The maximum Gasteiger partial charge on any atom is 0.294 e. The van der Waals surface area contributed by atoms with Gasteiger partial charge in [-0.2, -0.15) is 0 Å². The van der Waals surface area contributed by atoms with E-state index in [4.69, 9.17) is 0 Å². The first-order valence-electron chi connectivity index (χ1n) is 9.12. The van der Waals surface area contributed by atoms with E-state index in [2.05, 4.69) is 9.97 Å². The number of anilines is 1. The molecule has 1 saturated heterocycles. The molecule has 0 N–H and O–H groups in total. The summed E-state index contributed by atoms with van der Waals surface area (Å²) in [5.41, 5.74) is 1.65. The van der Waals surface area contributed by atoms with E-state index in [0.717, 1.165) is 0 Å². The Morgan fingerprint density at radius 2 is 1.93 bits per heavy atom. The third-order valence-electron chi connectivity index (χ3n) is 4.98. The number of rotatable bonds is 3. The van der Waals surface area contributed by atoms with Crippen molar-refractivity contribution in [3.63, 3.8) is 0 Å². The van der Waals surface area contributed by atoms with Crippen molar-refractivity contribution in [2.75, 3.05) is 31.1 Å². The molecule has 0 spiro atoms. The van der Waals surface area contributed by atoms with Gasteiger partial charge in [-0.3, -0.25) is 14.2 Å². The standard InChI is InChI=1S/C20H20FN5O2/c1-24-18-16(6-3-7-22-18)23-19(20(24)28)26-10-8-25(9-11-26)17(27)13-14-4-2-5-15(21)12-14/h2-7,12H,8-11,13H2,1H3. The lowest BCUT2D eigenvalue weighted by molar-refractivity contribution is -0.130. The molecule has 144 valence electrons. The van der Waals surface area contributed by atoms with Crippen LogP contribution in [-0.4, -0.2) is 51.5 Å². The Hall–Kier alpha value is -3.29. The van der Waals surface area contributed by atoms with Crippen molar-refractivity contribution in [2.45, 2.75) is 6.42 Å². The van der Waals surface area contributed by atoms with Crippen LogP contribution in [0.15, 0.2) is 47.4 Å². The average Bonchev–Trinajstić information content (AvgIpc) is 2.71. The lowest BCUT2D eigenvalue weighted by Gasteiger charge is -2.35. The van der Waals surface area contributed by atoms with E-state index in [1.807, 2.05) is 11.0 Å². The Balaban J connectivity index is 1.47. The molecule has 0 unspecified atom stereocenters. The van der Waals surface area contributed by atoms with Gasteiger partial charge in [-0.05, 0) is 29.8 Å². The number of piperazine rings is 1. The predicted octanol–water partition coefficient (Wildman–Crippen LogP) is 1.36. The zero-order valence-electron chi connectivity index (χ0n) is 15.5. The lowest BCUT2D eigenvalue weighted by Crippen LogP contribution is -2.51. The van der Waals surface area contributed by atoms with Crippen LogP contribution in [-0.2, 0) is 18.3 Å². The number of aromatic nitrogens is 3. The highest BCUT2D eigenvalue weighted by Gasteiger charge is 2.24. The number of pyridine rings is 1. The zero-order chi connectivity index (χ0) is 19.7. The maximum absolute atomic E-state index is 13.3. The molecule has 4 rings (SSSR count). The van der Waals surface area contributed by atoms with E-state index in [9.17, 15) is 14.0 Å². The van der Waals surface area contributed by atoms with Gasteiger partial charge in [-0.15, -0.1) is 0 Å². The fraction of sp³-hybridized carbons (Fsp3) is 0.300. The van der Waals surface area contributed by atoms with Gasteiger partial charge in [0, 0.05) is 39.4 Å². The molecule has 0 bridgehead atoms. The molecule has 3 heterocycles. The molecular weight excluding hydrogens is 361 g/mol. The molecule has 7 nitrogen and oxygen atoms in total. The molecule has 1 fully saturated rings. The number of hydrogen-bond donors (Lipinski definition) is 0. The summed E-state index contributed by atoms with van der Waals surface area (Å²) >= 11 is 0. The SMILES string of the molecule is Cn1c(=O)c(N2CCN(C(=O)Cc3cccc(F)c3)CC2)nc2cccnc21. The monoisotopic (exact) mass is 381 g/mol. The molecule has 3 aromatic rings. The van der Waals surface area contributed by atoms with Crippen molar-refractivity contribution in [1.29, 1.82) is 0 Å². The Bertz CT molecular complexity index is 1090. The van der Waals surface area contributed by atoms with Crippen molar-refractivity contribution in [3.8, 4) is 0 Å². The molecule has 0 saturated carbocycles. The lowest BCUT2D eigenvalue weighted by atomic mass is 10.1. The normalized spacial score (nSPS) is 14.5. The van der Waals surface area contributed by atoms with Crippen LogP contribution in [0.2, 0.25) is 0 Å². The number of halogens is 1.